The number of hydrogen-bond acceptors (Lipinski definition) is 10. The number of amides is 1. The van der Waals surface area contributed by atoms with Crippen LogP contribution in [-0.4, -0.2) is 45.3 Å². The number of nitrogens with zero attached hydrogens (tertiary/aromatic N) is 5. The number of anilines is 1. The summed E-state index contributed by atoms with van der Waals surface area (Å²) in [5.74, 6) is 0.145. The lowest BCUT2D eigenvalue weighted by Gasteiger charge is -2.23. The average Bonchev–Trinajstić information content (AvgIpc) is 3.34. The van der Waals surface area contributed by atoms with Crippen molar-refractivity contribution in [2.45, 2.75) is 39.9 Å². The molecular formula is C26H28N6O4S. The number of carbonyl (C=O) groups excluding carboxylic acids is 1. The summed E-state index contributed by atoms with van der Waals surface area (Å²) < 4.78 is 16.8. The van der Waals surface area contributed by atoms with E-state index in [1.165, 1.54) is 0 Å². The molecule has 4 aromatic rings. The van der Waals surface area contributed by atoms with E-state index < -0.39 is 5.60 Å². The lowest BCUT2D eigenvalue weighted by molar-refractivity contribution is 0.0189. The van der Waals surface area contributed by atoms with Crippen LogP contribution in [0.2, 0.25) is 0 Å². The van der Waals surface area contributed by atoms with Gasteiger partial charge in [0.1, 0.15) is 12.4 Å². The first kappa shape index (κ1) is 26.1. The maximum absolute atomic E-state index is 13.4. The third-order valence-corrected chi connectivity index (χ3v) is 6.65. The number of nitrogens with one attached hydrogen (secondary N) is 1. The molecule has 0 aromatic carbocycles. The van der Waals surface area contributed by atoms with Crippen LogP contribution in [-0.2, 0) is 16.9 Å². The smallest absolute Gasteiger partial charge is 0.296 e. The van der Waals surface area contributed by atoms with Crippen LogP contribution in [0, 0.1) is 13.8 Å². The van der Waals surface area contributed by atoms with Gasteiger partial charge in [0.05, 0.1) is 35.4 Å². The summed E-state index contributed by atoms with van der Waals surface area (Å²) in [5, 5.41) is 11.5. The standard InChI is InChI=1S/C26H28N6O4S/c1-15-20(21(17-9-11-27-12-10-17)22(34-5)16(2)29-15)23(33)30-24-31-32-25(37-24)36-14-19-8-7-18(13-28-19)26(3,4)35-6/h7-13H,14H2,1-6H3,(H,30,31,33). The normalized spacial score (nSPS) is 11.3. The van der Waals surface area contributed by atoms with E-state index in [1.54, 1.807) is 39.7 Å². The first-order valence-electron chi connectivity index (χ1n) is 11.5. The molecule has 4 aromatic heterocycles. The molecule has 0 unspecified atom stereocenters. The minimum Gasteiger partial charge on any atom is -0.494 e. The van der Waals surface area contributed by atoms with E-state index in [9.17, 15) is 4.79 Å². The van der Waals surface area contributed by atoms with E-state index in [4.69, 9.17) is 14.2 Å². The predicted molar refractivity (Wildman–Crippen MR) is 140 cm³/mol. The van der Waals surface area contributed by atoms with Gasteiger partial charge in [-0.05, 0) is 62.8 Å². The van der Waals surface area contributed by atoms with Gasteiger partial charge in [-0.2, -0.15) is 0 Å². The third kappa shape index (κ3) is 5.73. The van der Waals surface area contributed by atoms with E-state index >= 15 is 0 Å². The van der Waals surface area contributed by atoms with Crippen LogP contribution in [0.5, 0.6) is 10.9 Å². The number of carbonyl (C=O) groups is 1. The molecule has 4 rings (SSSR count). The zero-order valence-electron chi connectivity index (χ0n) is 21.5. The van der Waals surface area contributed by atoms with Gasteiger partial charge in [-0.25, -0.2) is 0 Å². The Morgan fingerprint density at radius 1 is 1.05 bits per heavy atom. The zero-order chi connectivity index (χ0) is 26.6. The molecule has 1 amide bonds. The number of aryl methyl sites for hydroxylation is 2. The largest absolute Gasteiger partial charge is 0.494 e. The Morgan fingerprint density at radius 2 is 1.81 bits per heavy atom. The van der Waals surface area contributed by atoms with Gasteiger partial charge in [0.2, 0.25) is 5.13 Å². The molecule has 1 N–H and O–H groups in total. The molecule has 0 radical (unpaired) electrons. The Balaban J connectivity index is 1.50. The van der Waals surface area contributed by atoms with Crippen molar-refractivity contribution >= 4 is 22.4 Å². The van der Waals surface area contributed by atoms with Crippen molar-refractivity contribution in [1.82, 2.24) is 25.1 Å². The summed E-state index contributed by atoms with van der Waals surface area (Å²) in [6.07, 6.45) is 5.09. The zero-order valence-corrected chi connectivity index (χ0v) is 22.3. The van der Waals surface area contributed by atoms with Crippen LogP contribution in [0.3, 0.4) is 0 Å². The second kappa shape index (κ2) is 11.0. The molecule has 0 saturated heterocycles. The van der Waals surface area contributed by atoms with Crippen molar-refractivity contribution in [3.05, 3.63) is 71.1 Å². The van der Waals surface area contributed by atoms with Crippen LogP contribution < -0.4 is 14.8 Å². The van der Waals surface area contributed by atoms with Crippen molar-refractivity contribution in [2.75, 3.05) is 19.5 Å². The topological polar surface area (TPSA) is 121 Å². The fraction of sp³-hybridized carbons (Fsp3) is 0.308. The summed E-state index contributed by atoms with van der Waals surface area (Å²) in [7, 11) is 3.22. The minimum atomic E-state index is -0.425. The van der Waals surface area contributed by atoms with Gasteiger partial charge in [0, 0.05) is 36.8 Å². The fourth-order valence-electron chi connectivity index (χ4n) is 3.75. The predicted octanol–water partition coefficient (Wildman–Crippen LogP) is 4.73. The van der Waals surface area contributed by atoms with E-state index in [2.05, 4.69) is 30.5 Å². The van der Waals surface area contributed by atoms with Gasteiger partial charge in [-0.15, -0.1) is 5.10 Å². The summed E-state index contributed by atoms with van der Waals surface area (Å²) in [6, 6.07) is 7.47. The maximum atomic E-state index is 13.4. The van der Waals surface area contributed by atoms with Crippen molar-refractivity contribution in [3.63, 3.8) is 0 Å². The van der Waals surface area contributed by atoms with Gasteiger partial charge in [0.25, 0.3) is 11.1 Å². The number of pyridine rings is 3. The van der Waals surface area contributed by atoms with Crippen molar-refractivity contribution in [3.8, 4) is 22.1 Å². The Hall–Kier alpha value is -3.96. The summed E-state index contributed by atoms with van der Waals surface area (Å²) in [6.45, 7) is 7.78. The van der Waals surface area contributed by atoms with Crippen LogP contribution in [0.4, 0.5) is 5.13 Å². The Kier molecular flexibility index (Phi) is 7.74. The lowest BCUT2D eigenvalue weighted by atomic mass is 9.97. The van der Waals surface area contributed by atoms with Crippen molar-refractivity contribution < 1.29 is 19.0 Å². The second-order valence-corrected chi connectivity index (χ2v) is 9.61. The lowest BCUT2D eigenvalue weighted by Crippen LogP contribution is -2.19. The number of ether oxygens (including phenoxy) is 3. The fourth-order valence-corrected chi connectivity index (χ4v) is 4.34. The summed E-state index contributed by atoms with van der Waals surface area (Å²) in [4.78, 5) is 26.4. The van der Waals surface area contributed by atoms with E-state index in [1.807, 2.05) is 45.0 Å². The highest BCUT2D eigenvalue weighted by atomic mass is 32.1. The summed E-state index contributed by atoms with van der Waals surface area (Å²) in [5.41, 5.74) is 4.33. The van der Waals surface area contributed by atoms with Crippen LogP contribution in [0.15, 0.2) is 42.9 Å². The molecule has 0 aliphatic carbocycles. The molecule has 37 heavy (non-hydrogen) atoms. The number of aromatic nitrogens is 5. The molecule has 0 atom stereocenters. The quantitative estimate of drug-likeness (QED) is 0.334. The van der Waals surface area contributed by atoms with Crippen LogP contribution >= 0.6 is 11.3 Å². The van der Waals surface area contributed by atoms with Crippen LogP contribution in [0.25, 0.3) is 11.1 Å². The van der Waals surface area contributed by atoms with Gasteiger partial charge in [-0.1, -0.05) is 11.2 Å². The third-order valence-electron chi connectivity index (χ3n) is 5.90. The molecule has 11 heteroatoms. The average molecular weight is 521 g/mol. The monoisotopic (exact) mass is 520 g/mol. The molecule has 192 valence electrons. The molecule has 0 spiro atoms. The maximum Gasteiger partial charge on any atom is 0.296 e. The molecular weight excluding hydrogens is 492 g/mol. The molecule has 0 saturated carbocycles. The van der Waals surface area contributed by atoms with E-state index in [0.717, 1.165) is 28.2 Å². The first-order chi connectivity index (χ1) is 17.7. The van der Waals surface area contributed by atoms with Gasteiger partial charge < -0.3 is 14.2 Å². The Labute approximate surface area is 219 Å². The van der Waals surface area contributed by atoms with Crippen molar-refractivity contribution in [1.29, 1.82) is 0 Å². The highest BCUT2D eigenvalue weighted by Crippen LogP contribution is 2.37. The molecule has 0 bridgehead atoms. The first-order valence-corrected chi connectivity index (χ1v) is 12.3. The van der Waals surface area contributed by atoms with Gasteiger partial charge in [0.15, 0.2) is 0 Å². The van der Waals surface area contributed by atoms with Crippen molar-refractivity contribution in [2.24, 2.45) is 0 Å². The molecule has 0 fully saturated rings. The van der Waals surface area contributed by atoms with E-state index in [0.29, 0.717) is 38.6 Å². The Bertz CT molecular complexity index is 1390. The summed E-state index contributed by atoms with van der Waals surface area (Å²) >= 11 is 1.12. The molecule has 4 heterocycles. The minimum absolute atomic E-state index is 0.209. The molecule has 0 aliphatic rings. The second-order valence-electron chi connectivity index (χ2n) is 8.67. The number of methoxy groups -OCH3 is 2. The SMILES string of the molecule is COc1c(C)nc(C)c(C(=O)Nc2nnc(OCc3ccc(C(C)(C)OC)cn3)s2)c1-c1ccncc1. The van der Waals surface area contributed by atoms with Crippen LogP contribution in [0.1, 0.15) is 46.9 Å². The highest BCUT2D eigenvalue weighted by Gasteiger charge is 2.24. The highest BCUT2D eigenvalue weighted by molar-refractivity contribution is 7.17. The Morgan fingerprint density at radius 3 is 2.46 bits per heavy atom. The number of hydrogen-bond donors (Lipinski definition) is 1. The van der Waals surface area contributed by atoms with E-state index in [-0.39, 0.29) is 12.5 Å². The van der Waals surface area contributed by atoms with Gasteiger partial charge >= 0.3 is 0 Å². The van der Waals surface area contributed by atoms with Gasteiger partial charge in [-0.3, -0.25) is 25.1 Å². The molecule has 0 aliphatic heterocycles. The number of rotatable bonds is 9. The molecule has 10 nitrogen and oxygen atoms in total.